The van der Waals surface area contributed by atoms with Gasteiger partial charge in [-0.15, -0.1) is 0 Å². The first-order chi connectivity index (χ1) is 13.5. The SMILES string of the molecule is CCCOc1ccc(-c2cc(-c3ccccc3[N+](=O)[O-])nc(N)c2C#N)cc1. The van der Waals surface area contributed by atoms with Gasteiger partial charge in [0.25, 0.3) is 5.69 Å². The van der Waals surface area contributed by atoms with Crippen LogP contribution in [0.3, 0.4) is 0 Å². The van der Waals surface area contributed by atoms with Crippen LogP contribution in [0.5, 0.6) is 5.75 Å². The van der Waals surface area contributed by atoms with Crippen molar-refractivity contribution >= 4 is 11.5 Å². The minimum Gasteiger partial charge on any atom is -0.494 e. The number of pyridine rings is 1. The van der Waals surface area contributed by atoms with E-state index in [1.165, 1.54) is 6.07 Å². The highest BCUT2D eigenvalue weighted by Gasteiger charge is 2.19. The summed E-state index contributed by atoms with van der Waals surface area (Å²) < 4.78 is 5.58. The van der Waals surface area contributed by atoms with Crippen molar-refractivity contribution in [1.29, 1.82) is 5.26 Å². The molecule has 0 radical (unpaired) electrons. The maximum Gasteiger partial charge on any atom is 0.278 e. The fraction of sp³-hybridized carbons (Fsp3) is 0.143. The number of aromatic nitrogens is 1. The van der Waals surface area contributed by atoms with Gasteiger partial charge in [0.15, 0.2) is 0 Å². The van der Waals surface area contributed by atoms with E-state index in [0.717, 1.165) is 17.7 Å². The molecule has 0 amide bonds. The van der Waals surface area contributed by atoms with Gasteiger partial charge < -0.3 is 10.5 Å². The quantitative estimate of drug-likeness (QED) is 0.499. The van der Waals surface area contributed by atoms with Gasteiger partial charge in [0.1, 0.15) is 23.2 Å². The van der Waals surface area contributed by atoms with Gasteiger partial charge >= 0.3 is 0 Å². The fourth-order valence-corrected chi connectivity index (χ4v) is 2.85. The first kappa shape index (κ1) is 18.9. The van der Waals surface area contributed by atoms with Crippen LogP contribution in [0.15, 0.2) is 54.6 Å². The van der Waals surface area contributed by atoms with Crippen LogP contribution in [0.4, 0.5) is 11.5 Å². The molecule has 1 heterocycles. The second-order valence-corrected chi connectivity index (χ2v) is 6.07. The average Bonchev–Trinajstić information content (AvgIpc) is 2.72. The zero-order valence-corrected chi connectivity index (χ0v) is 15.3. The Morgan fingerprint density at radius 1 is 1.18 bits per heavy atom. The number of nitrogen functional groups attached to an aromatic ring is 1. The van der Waals surface area contributed by atoms with Gasteiger partial charge in [0.2, 0.25) is 0 Å². The predicted octanol–water partition coefficient (Wildman–Crippen LogP) is 4.57. The van der Waals surface area contributed by atoms with Gasteiger partial charge in [-0.1, -0.05) is 31.2 Å². The zero-order chi connectivity index (χ0) is 20.1. The third kappa shape index (κ3) is 3.76. The predicted molar refractivity (Wildman–Crippen MR) is 107 cm³/mol. The monoisotopic (exact) mass is 374 g/mol. The summed E-state index contributed by atoms with van der Waals surface area (Å²) in [7, 11) is 0. The maximum atomic E-state index is 11.4. The molecule has 0 bridgehead atoms. The van der Waals surface area contributed by atoms with Crippen molar-refractivity contribution in [3.63, 3.8) is 0 Å². The van der Waals surface area contributed by atoms with Crippen LogP contribution in [0.25, 0.3) is 22.4 Å². The number of ether oxygens (including phenoxy) is 1. The molecule has 0 fully saturated rings. The number of nitrogens with two attached hydrogens (primary N) is 1. The Hall–Kier alpha value is -3.92. The molecular weight excluding hydrogens is 356 g/mol. The number of nitrogens with zero attached hydrogens (tertiary/aromatic N) is 3. The number of hydrogen-bond acceptors (Lipinski definition) is 6. The van der Waals surface area contributed by atoms with Crippen molar-refractivity contribution < 1.29 is 9.66 Å². The normalized spacial score (nSPS) is 10.3. The van der Waals surface area contributed by atoms with E-state index < -0.39 is 4.92 Å². The highest BCUT2D eigenvalue weighted by Crippen LogP contribution is 2.35. The molecule has 0 unspecified atom stereocenters. The summed E-state index contributed by atoms with van der Waals surface area (Å²) >= 11 is 0. The fourth-order valence-electron chi connectivity index (χ4n) is 2.85. The third-order valence-corrected chi connectivity index (χ3v) is 4.17. The molecule has 2 N–H and O–H groups in total. The summed E-state index contributed by atoms with van der Waals surface area (Å²) in [5.74, 6) is 0.754. The van der Waals surface area contributed by atoms with Crippen LogP contribution in [0.1, 0.15) is 18.9 Å². The number of hydrogen-bond donors (Lipinski definition) is 1. The highest BCUT2D eigenvalue weighted by atomic mass is 16.6. The van der Waals surface area contributed by atoms with Crippen LogP contribution in [-0.4, -0.2) is 16.5 Å². The lowest BCUT2D eigenvalue weighted by Crippen LogP contribution is -2.01. The standard InChI is InChI=1S/C21H18N4O3/c1-2-11-28-15-9-7-14(8-10-15)17-12-19(24-21(23)18(17)13-22)16-5-3-4-6-20(16)25(26)27/h3-10,12H,2,11H2,1H3,(H2,23,24). The summed E-state index contributed by atoms with van der Waals surface area (Å²) in [6.07, 6.45) is 0.903. The number of nitro groups is 1. The number of anilines is 1. The molecule has 0 saturated carbocycles. The number of benzene rings is 2. The van der Waals surface area contributed by atoms with Crippen molar-refractivity contribution in [2.24, 2.45) is 0 Å². The smallest absolute Gasteiger partial charge is 0.278 e. The Bertz CT molecular complexity index is 1060. The zero-order valence-electron chi connectivity index (χ0n) is 15.3. The number of rotatable bonds is 6. The Morgan fingerprint density at radius 3 is 2.54 bits per heavy atom. The highest BCUT2D eigenvalue weighted by molar-refractivity contribution is 5.82. The first-order valence-corrected chi connectivity index (χ1v) is 8.72. The number of nitriles is 1. The summed E-state index contributed by atoms with van der Waals surface area (Å²) in [6.45, 7) is 2.64. The van der Waals surface area contributed by atoms with Gasteiger partial charge in [-0.3, -0.25) is 10.1 Å². The largest absolute Gasteiger partial charge is 0.494 e. The molecule has 7 heteroatoms. The van der Waals surface area contributed by atoms with E-state index in [2.05, 4.69) is 11.1 Å². The molecule has 2 aromatic carbocycles. The van der Waals surface area contributed by atoms with E-state index in [0.29, 0.717) is 23.4 Å². The number of nitro benzene ring substituents is 1. The van der Waals surface area contributed by atoms with Crippen molar-refractivity contribution in [3.05, 3.63) is 70.3 Å². The lowest BCUT2D eigenvalue weighted by atomic mass is 9.98. The molecule has 0 spiro atoms. The molecule has 0 aliphatic heterocycles. The van der Waals surface area contributed by atoms with E-state index in [1.54, 1.807) is 24.3 Å². The molecule has 28 heavy (non-hydrogen) atoms. The van der Waals surface area contributed by atoms with Crippen LogP contribution >= 0.6 is 0 Å². The van der Waals surface area contributed by atoms with Gasteiger partial charge in [0.05, 0.1) is 22.8 Å². The Balaban J connectivity index is 2.12. The van der Waals surface area contributed by atoms with Gasteiger partial charge in [0, 0.05) is 11.6 Å². The third-order valence-electron chi connectivity index (χ3n) is 4.17. The second kappa shape index (κ2) is 8.18. The van der Waals surface area contributed by atoms with Gasteiger partial charge in [-0.05, 0) is 36.2 Å². The summed E-state index contributed by atoms with van der Waals surface area (Å²) in [5.41, 5.74) is 8.14. The van der Waals surface area contributed by atoms with E-state index >= 15 is 0 Å². The summed E-state index contributed by atoms with van der Waals surface area (Å²) in [5, 5.41) is 20.9. The molecular formula is C21H18N4O3. The second-order valence-electron chi connectivity index (χ2n) is 6.07. The molecule has 1 aromatic heterocycles. The Morgan fingerprint density at radius 2 is 1.89 bits per heavy atom. The number of para-hydroxylation sites is 1. The summed E-state index contributed by atoms with van der Waals surface area (Å²) in [6, 6.07) is 17.3. The van der Waals surface area contributed by atoms with Crippen LogP contribution in [0, 0.1) is 21.4 Å². The van der Waals surface area contributed by atoms with Crippen LogP contribution < -0.4 is 10.5 Å². The molecule has 3 aromatic rings. The van der Waals surface area contributed by atoms with Gasteiger partial charge in [-0.2, -0.15) is 5.26 Å². The Labute approximate surface area is 162 Å². The maximum absolute atomic E-state index is 11.4. The molecule has 7 nitrogen and oxygen atoms in total. The minimum absolute atomic E-state index is 0.0273. The van der Waals surface area contributed by atoms with Crippen molar-refractivity contribution in [1.82, 2.24) is 4.98 Å². The average molecular weight is 374 g/mol. The summed E-state index contributed by atoms with van der Waals surface area (Å²) in [4.78, 5) is 15.1. The minimum atomic E-state index is -0.467. The molecule has 0 aliphatic carbocycles. The topological polar surface area (TPSA) is 115 Å². The first-order valence-electron chi connectivity index (χ1n) is 8.72. The van der Waals surface area contributed by atoms with E-state index in [4.69, 9.17) is 10.5 Å². The van der Waals surface area contributed by atoms with E-state index in [1.807, 2.05) is 31.2 Å². The molecule has 3 rings (SSSR count). The molecule has 140 valence electrons. The molecule has 0 atom stereocenters. The van der Waals surface area contributed by atoms with E-state index in [9.17, 15) is 15.4 Å². The Kier molecular flexibility index (Phi) is 5.51. The van der Waals surface area contributed by atoms with Crippen LogP contribution in [-0.2, 0) is 0 Å². The molecule has 0 aliphatic rings. The van der Waals surface area contributed by atoms with Crippen molar-refractivity contribution in [3.8, 4) is 34.2 Å². The lowest BCUT2D eigenvalue weighted by Gasteiger charge is -2.11. The van der Waals surface area contributed by atoms with Crippen molar-refractivity contribution in [2.45, 2.75) is 13.3 Å². The van der Waals surface area contributed by atoms with Crippen LogP contribution in [0.2, 0.25) is 0 Å². The lowest BCUT2D eigenvalue weighted by molar-refractivity contribution is -0.384. The van der Waals surface area contributed by atoms with E-state index in [-0.39, 0.29) is 17.1 Å². The van der Waals surface area contributed by atoms with Gasteiger partial charge in [-0.25, -0.2) is 4.98 Å². The molecule has 0 saturated heterocycles. The van der Waals surface area contributed by atoms with Crippen molar-refractivity contribution in [2.75, 3.05) is 12.3 Å².